The minimum Gasteiger partial charge on any atom is -0.389 e. The first kappa shape index (κ1) is 16.2. The molecule has 1 amide bonds. The van der Waals surface area contributed by atoms with Crippen LogP contribution in [0.3, 0.4) is 0 Å². The van der Waals surface area contributed by atoms with Crippen molar-refractivity contribution >= 4 is 23.2 Å². The molecule has 7 heteroatoms. The van der Waals surface area contributed by atoms with Crippen LogP contribution in [0.4, 0.5) is 10.1 Å². The third kappa shape index (κ3) is 4.14. The molecule has 1 heterocycles. The van der Waals surface area contributed by atoms with Gasteiger partial charge in [0.15, 0.2) is 0 Å². The van der Waals surface area contributed by atoms with Gasteiger partial charge in [-0.25, -0.2) is 4.39 Å². The zero-order valence-electron chi connectivity index (χ0n) is 11.7. The number of aliphatic hydroxyl groups is 1. The summed E-state index contributed by atoms with van der Waals surface area (Å²) in [5.41, 5.74) is 0.0867. The lowest BCUT2D eigenvalue weighted by Gasteiger charge is -2.27. The molecule has 0 unspecified atom stereocenters. The van der Waals surface area contributed by atoms with Crippen molar-refractivity contribution in [1.29, 1.82) is 0 Å². The number of hydrogen-bond donors (Lipinski definition) is 2. The average Bonchev–Trinajstić information content (AvgIpc) is 2.85. The summed E-state index contributed by atoms with van der Waals surface area (Å²) >= 11 is 5.66. The van der Waals surface area contributed by atoms with E-state index in [1.54, 1.807) is 4.90 Å². The van der Waals surface area contributed by atoms with Crippen molar-refractivity contribution in [3.05, 3.63) is 29.0 Å². The standard InChI is InChI=1S/C14H18ClFN2O3/c1-2-18(12-7-21-8-13(12)19)6-14(20)17-11-4-3-9(15)5-10(11)16/h3-5,12-13,19H,2,6-8H2,1H3,(H,17,20)/t12-,13-/m0/s1. The minimum atomic E-state index is -0.606. The smallest absolute Gasteiger partial charge is 0.238 e. The second kappa shape index (κ2) is 7.17. The second-order valence-corrected chi connectivity index (χ2v) is 5.34. The van der Waals surface area contributed by atoms with Gasteiger partial charge in [0.25, 0.3) is 0 Å². The number of rotatable bonds is 5. The van der Waals surface area contributed by atoms with E-state index in [0.29, 0.717) is 13.2 Å². The normalized spacial score (nSPS) is 21.8. The Morgan fingerprint density at radius 1 is 1.57 bits per heavy atom. The van der Waals surface area contributed by atoms with E-state index >= 15 is 0 Å². The van der Waals surface area contributed by atoms with E-state index < -0.39 is 11.9 Å². The summed E-state index contributed by atoms with van der Waals surface area (Å²) in [5.74, 6) is -0.930. The molecular formula is C14H18ClFN2O3. The van der Waals surface area contributed by atoms with Crippen LogP contribution in [0.15, 0.2) is 18.2 Å². The molecule has 116 valence electrons. The molecule has 5 nitrogen and oxygen atoms in total. The number of anilines is 1. The lowest BCUT2D eigenvalue weighted by Crippen LogP contribution is -2.46. The summed E-state index contributed by atoms with van der Waals surface area (Å²) in [5, 5.41) is 12.6. The summed E-state index contributed by atoms with van der Waals surface area (Å²) in [6.45, 7) is 3.19. The van der Waals surface area contributed by atoms with Crippen LogP contribution in [0.25, 0.3) is 0 Å². The fraction of sp³-hybridized carbons (Fsp3) is 0.500. The number of halogens is 2. The maximum atomic E-state index is 13.6. The van der Waals surface area contributed by atoms with E-state index in [2.05, 4.69) is 5.32 Å². The quantitative estimate of drug-likeness (QED) is 0.864. The fourth-order valence-corrected chi connectivity index (χ4v) is 2.47. The van der Waals surface area contributed by atoms with Crippen LogP contribution >= 0.6 is 11.6 Å². The molecule has 0 aliphatic carbocycles. The van der Waals surface area contributed by atoms with Crippen LogP contribution in [-0.2, 0) is 9.53 Å². The van der Waals surface area contributed by atoms with Crippen molar-refractivity contribution in [3.63, 3.8) is 0 Å². The van der Waals surface area contributed by atoms with Gasteiger partial charge in [0.2, 0.25) is 5.91 Å². The van der Waals surface area contributed by atoms with Crippen LogP contribution < -0.4 is 5.32 Å². The maximum Gasteiger partial charge on any atom is 0.238 e. The molecule has 2 N–H and O–H groups in total. The van der Waals surface area contributed by atoms with Gasteiger partial charge in [-0.3, -0.25) is 9.69 Å². The Morgan fingerprint density at radius 2 is 2.33 bits per heavy atom. The van der Waals surface area contributed by atoms with Gasteiger partial charge in [-0.1, -0.05) is 18.5 Å². The van der Waals surface area contributed by atoms with Crippen molar-refractivity contribution < 1.29 is 19.0 Å². The third-order valence-corrected chi connectivity index (χ3v) is 3.68. The highest BCUT2D eigenvalue weighted by Crippen LogP contribution is 2.19. The topological polar surface area (TPSA) is 61.8 Å². The van der Waals surface area contributed by atoms with E-state index in [-0.39, 0.29) is 35.8 Å². The van der Waals surface area contributed by atoms with Gasteiger partial charge in [-0.2, -0.15) is 0 Å². The molecule has 1 aliphatic heterocycles. The number of carbonyl (C=O) groups is 1. The minimum absolute atomic E-state index is 0.0592. The molecular weight excluding hydrogens is 299 g/mol. The number of amides is 1. The molecule has 0 spiro atoms. The number of nitrogens with zero attached hydrogens (tertiary/aromatic N) is 1. The molecule has 1 fully saturated rings. The zero-order valence-corrected chi connectivity index (χ0v) is 12.4. The van der Waals surface area contributed by atoms with Crippen molar-refractivity contribution in [2.24, 2.45) is 0 Å². The Morgan fingerprint density at radius 3 is 2.90 bits per heavy atom. The third-order valence-electron chi connectivity index (χ3n) is 3.45. The Bertz CT molecular complexity index is 515. The summed E-state index contributed by atoms with van der Waals surface area (Å²) in [6.07, 6.45) is -0.606. The van der Waals surface area contributed by atoms with Gasteiger partial charge in [0.05, 0.1) is 37.6 Å². The predicted molar refractivity (Wildman–Crippen MR) is 77.9 cm³/mol. The molecule has 0 bridgehead atoms. The summed E-state index contributed by atoms with van der Waals surface area (Å²) in [7, 11) is 0. The first-order valence-electron chi connectivity index (χ1n) is 6.76. The van der Waals surface area contributed by atoms with Crippen molar-refractivity contribution in [3.8, 4) is 0 Å². The molecule has 1 aliphatic rings. The Kier molecular flexibility index (Phi) is 5.52. The SMILES string of the molecule is CCN(CC(=O)Nc1ccc(Cl)cc1F)[C@H]1COC[C@@H]1O. The highest BCUT2D eigenvalue weighted by molar-refractivity contribution is 6.30. The first-order chi connectivity index (χ1) is 10.0. The van der Waals surface area contributed by atoms with Crippen molar-refractivity contribution in [2.45, 2.75) is 19.1 Å². The molecule has 2 atom stereocenters. The van der Waals surface area contributed by atoms with E-state index in [1.807, 2.05) is 6.92 Å². The van der Waals surface area contributed by atoms with Gasteiger partial charge < -0.3 is 15.2 Å². The second-order valence-electron chi connectivity index (χ2n) is 4.91. The molecule has 0 radical (unpaired) electrons. The van der Waals surface area contributed by atoms with Crippen LogP contribution in [-0.4, -0.2) is 54.4 Å². The van der Waals surface area contributed by atoms with Crippen molar-refractivity contribution in [2.75, 3.05) is 31.6 Å². The van der Waals surface area contributed by atoms with Gasteiger partial charge in [-0.15, -0.1) is 0 Å². The fourth-order valence-electron chi connectivity index (χ4n) is 2.31. The van der Waals surface area contributed by atoms with Gasteiger partial charge >= 0.3 is 0 Å². The van der Waals surface area contributed by atoms with Gasteiger partial charge in [0, 0.05) is 5.02 Å². The molecule has 1 saturated heterocycles. The van der Waals surface area contributed by atoms with Crippen molar-refractivity contribution in [1.82, 2.24) is 4.90 Å². The number of aliphatic hydroxyl groups excluding tert-OH is 1. The molecule has 1 aromatic carbocycles. The highest BCUT2D eigenvalue weighted by atomic mass is 35.5. The first-order valence-corrected chi connectivity index (χ1v) is 7.13. The number of nitrogens with one attached hydrogen (secondary N) is 1. The number of carbonyl (C=O) groups excluding carboxylic acids is 1. The highest BCUT2D eigenvalue weighted by Gasteiger charge is 2.31. The van der Waals surface area contributed by atoms with E-state index in [9.17, 15) is 14.3 Å². The lowest BCUT2D eigenvalue weighted by atomic mass is 10.2. The van der Waals surface area contributed by atoms with E-state index in [1.165, 1.54) is 12.1 Å². The number of likely N-dealkylation sites (N-methyl/N-ethyl adjacent to an activating group) is 1. The van der Waals surface area contributed by atoms with Gasteiger partial charge in [0.1, 0.15) is 5.82 Å². The van der Waals surface area contributed by atoms with E-state index in [0.717, 1.165) is 6.07 Å². The monoisotopic (exact) mass is 316 g/mol. The van der Waals surface area contributed by atoms with Gasteiger partial charge in [-0.05, 0) is 24.7 Å². The van der Waals surface area contributed by atoms with Crippen LogP contribution in [0, 0.1) is 5.82 Å². The molecule has 21 heavy (non-hydrogen) atoms. The number of benzene rings is 1. The Labute approximate surface area is 127 Å². The Hall–Kier alpha value is -1.21. The van der Waals surface area contributed by atoms with Crippen LogP contribution in [0.2, 0.25) is 5.02 Å². The van der Waals surface area contributed by atoms with Crippen LogP contribution in [0.1, 0.15) is 6.92 Å². The van der Waals surface area contributed by atoms with Crippen LogP contribution in [0.5, 0.6) is 0 Å². The molecule has 1 aromatic rings. The molecule has 2 rings (SSSR count). The number of hydrogen-bond acceptors (Lipinski definition) is 4. The maximum absolute atomic E-state index is 13.6. The largest absolute Gasteiger partial charge is 0.389 e. The number of ether oxygens (including phenoxy) is 1. The molecule has 0 saturated carbocycles. The average molecular weight is 317 g/mol. The summed E-state index contributed by atoms with van der Waals surface area (Å²) < 4.78 is 18.8. The summed E-state index contributed by atoms with van der Waals surface area (Å²) in [4.78, 5) is 13.8. The predicted octanol–water partition coefficient (Wildman–Crippen LogP) is 1.50. The summed E-state index contributed by atoms with van der Waals surface area (Å²) in [6, 6.07) is 3.85. The zero-order chi connectivity index (χ0) is 15.4. The van der Waals surface area contributed by atoms with E-state index in [4.69, 9.17) is 16.3 Å². The lowest BCUT2D eigenvalue weighted by molar-refractivity contribution is -0.118. The Balaban J connectivity index is 1.96. The molecule has 0 aromatic heterocycles.